The van der Waals surface area contributed by atoms with Gasteiger partial charge in [-0.05, 0) is 25.5 Å². The Kier molecular flexibility index (Phi) is 4.37. The van der Waals surface area contributed by atoms with Gasteiger partial charge < -0.3 is 15.1 Å². The summed E-state index contributed by atoms with van der Waals surface area (Å²) < 4.78 is 5.39. The number of carbonyl (C=O) groups is 1. The number of hydrogen-bond acceptors (Lipinski definition) is 2. The summed E-state index contributed by atoms with van der Waals surface area (Å²) in [6.07, 6.45) is 1.13. The summed E-state index contributed by atoms with van der Waals surface area (Å²) in [4.78, 5) is 11.2. The van der Waals surface area contributed by atoms with Crippen molar-refractivity contribution in [3.8, 4) is 0 Å². The summed E-state index contributed by atoms with van der Waals surface area (Å²) in [5.41, 5.74) is 0. The minimum atomic E-state index is -0.176. The molecule has 1 amide bonds. The van der Waals surface area contributed by atoms with Gasteiger partial charge in [0.05, 0.1) is 6.04 Å². The van der Waals surface area contributed by atoms with Gasteiger partial charge in [-0.15, -0.1) is 0 Å². The van der Waals surface area contributed by atoms with Gasteiger partial charge in [-0.1, -0.05) is 6.92 Å². The molecule has 1 atom stereocenters. The SMILES string of the molecule is CC[C@@H](C)[NH2+]Cc1ccc(C(=O)NC)o1. The van der Waals surface area contributed by atoms with Gasteiger partial charge >= 0.3 is 0 Å². The highest BCUT2D eigenvalue weighted by molar-refractivity contribution is 5.91. The largest absolute Gasteiger partial charge is 0.450 e. The Morgan fingerprint density at radius 2 is 2.33 bits per heavy atom. The first-order valence-electron chi connectivity index (χ1n) is 5.31. The van der Waals surface area contributed by atoms with Crippen molar-refractivity contribution in [3.63, 3.8) is 0 Å². The van der Waals surface area contributed by atoms with E-state index in [1.807, 2.05) is 6.07 Å². The van der Waals surface area contributed by atoms with E-state index in [-0.39, 0.29) is 5.91 Å². The fourth-order valence-electron chi connectivity index (χ4n) is 1.22. The molecule has 0 fully saturated rings. The Bertz CT molecular complexity index is 320. The molecule has 3 N–H and O–H groups in total. The first kappa shape index (κ1) is 11.8. The van der Waals surface area contributed by atoms with E-state index in [4.69, 9.17) is 4.42 Å². The van der Waals surface area contributed by atoms with Crippen LogP contribution in [0.4, 0.5) is 0 Å². The second-order valence-corrected chi connectivity index (χ2v) is 3.67. The number of hydrogen-bond donors (Lipinski definition) is 2. The van der Waals surface area contributed by atoms with Crippen LogP contribution in [-0.4, -0.2) is 19.0 Å². The smallest absolute Gasteiger partial charge is 0.286 e. The predicted octanol–water partition coefficient (Wildman–Crippen LogP) is 0.501. The molecule has 1 rings (SSSR count). The predicted molar refractivity (Wildman–Crippen MR) is 57.5 cm³/mol. The summed E-state index contributed by atoms with van der Waals surface area (Å²) in [6.45, 7) is 5.11. The minimum absolute atomic E-state index is 0.176. The van der Waals surface area contributed by atoms with Crippen molar-refractivity contribution < 1.29 is 14.5 Å². The van der Waals surface area contributed by atoms with Gasteiger partial charge in [-0.2, -0.15) is 0 Å². The molecule has 15 heavy (non-hydrogen) atoms. The summed E-state index contributed by atoms with van der Waals surface area (Å²) >= 11 is 0. The normalized spacial score (nSPS) is 12.5. The lowest BCUT2D eigenvalue weighted by Gasteiger charge is -2.05. The molecule has 0 bridgehead atoms. The third-order valence-corrected chi connectivity index (χ3v) is 2.48. The average molecular weight is 211 g/mol. The Labute approximate surface area is 90.0 Å². The molecule has 0 aliphatic heterocycles. The summed E-state index contributed by atoms with van der Waals surface area (Å²) in [5.74, 6) is 1.05. The van der Waals surface area contributed by atoms with Crippen LogP contribution in [0, 0.1) is 0 Å². The van der Waals surface area contributed by atoms with Crippen LogP contribution < -0.4 is 10.6 Å². The van der Waals surface area contributed by atoms with Gasteiger partial charge in [0.1, 0.15) is 6.54 Å². The topological polar surface area (TPSA) is 58.9 Å². The lowest BCUT2D eigenvalue weighted by Crippen LogP contribution is -2.87. The van der Waals surface area contributed by atoms with E-state index in [0.29, 0.717) is 11.8 Å². The van der Waals surface area contributed by atoms with E-state index < -0.39 is 0 Å². The van der Waals surface area contributed by atoms with Crippen molar-refractivity contribution in [3.05, 3.63) is 23.7 Å². The molecular weight excluding hydrogens is 192 g/mol. The quantitative estimate of drug-likeness (QED) is 0.745. The molecule has 0 saturated heterocycles. The summed E-state index contributed by atoms with van der Waals surface area (Å²) in [5, 5.41) is 4.73. The molecule has 1 aromatic rings. The number of rotatable bonds is 5. The first-order chi connectivity index (χ1) is 7.17. The fraction of sp³-hybridized carbons (Fsp3) is 0.545. The Morgan fingerprint density at radius 1 is 1.60 bits per heavy atom. The molecule has 1 heterocycles. The van der Waals surface area contributed by atoms with Crippen LogP contribution >= 0.6 is 0 Å². The number of nitrogens with two attached hydrogens (primary N) is 1. The molecule has 0 aliphatic carbocycles. The second-order valence-electron chi connectivity index (χ2n) is 3.67. The highest BCUT2D eigenvalue weighted by atomic mass is 16.4. The Morgan fingerprint density at radius 3 is 2.93 bits per heavy atom. The van der Waals surface area contributed by atoms with Gasteiger partial charge in [0.2, 0.25) is 0 Å². The molecule has 4 heteroatoms. The van der Waals surface area contributed by atoms with Crippen molar-refractivity contribution in [2.24, 2.45) is 0 Å². The van der Waals surface area contributed by atoms with Gasteiger partial charge in [0.15, 0.2) is 11.5 Å². The van der Waals surface area contributed by atoms with E-state index in [1.165, 1.54) is 0 Å². The van der Waals surface area contributed by atoms with Gasteiger partial charge in [0.25, 0.3) is 5.91 Å². The van der Waals surface area contributed by atoms with Crippen LogP contribution in [0.25, 0.3) is 0 Å². The van der Waals surface area contributed by atoms with Crippen LogP contribution in [0.5, 0.6) is 0 Å². The number of nitrogens with one attached hydrogen (secondary N) is 1. The van der Waals surface area contributed by atoms with Crippen LogP contribution in [0.15, 0.2) is 16.5 Å². The van der Waals surface area contributed by atoms with E-state index in [9.17, 15) is 4.79 Å². The zero-order chi connectivity index (χ0) is 11.3. The molecule has 4 nitrogen and oxygen atoms in total. The molecule has 0 unspecified atom stereocenters. The summed E-state index contributed by atoms with van der Waals surface area (Å²) in [7, 11) is 1.59. The highest BCUT2D eigenvalue weighted by Gasteiger charge is 2.10. The molecule has 84 valence electrons. The standard InChI is InChI=1S/C11H18N2O2/c1-4-8(2)13-7-9-5-6-10(15-9)11(14)12-3/h5-6,8,13H,4,7H2,1-3H3,(H,12,14)/p+1/t8-/m1/s1. The monoisotopic (exact) mass is 211 g/mol. The van der Waals surface area contributed by atoms with Gasteiger partial charge in [0, 0.05) is 7.05 Å². The molecular formula is C11H19N2O2+. The van der Waals surface area contributed by atoms with Crippen LogP contribution in [0.3, 0.4) is 0 Å². The zero-order valence-corrected chi connectivity index (χ0v) is 9.54. The minimum Gasteiger partial charge on any atom is -0.450 e. The van der Waals surface area contributed by atoms with Crippen molar-refractivity contribution in [1.29, 1.82) is 0 Å². The maximum atomic E-state index is 11.2. The highest BCUT2D eigenvalue weighted by Crippen LogP contribution is 2.06. The third-order valence-electron chi connectivity index (χ3n) is 2.48. The maximum Gasteiger partial charge on any atom is 0.286 e. The molecule has 0 spiro atoms. The maximum absolute atomic E-state index is 11.2. The van der Waals surface area contributed by atoms with Crippen molar-refractivity contribution in [2.75, 3.05) is 7.05 Å². The lowest BCUT2D eigenvalue weighted by molar-refractivity contribution is -0.703. The van der Waals surface area contributed by atoms with Crippen LogP contribution in [-0.2, 0) is 6.54 Å². The van der Waals surface area contributed by atoms with E-state index in [0.717, 1.165) is 18.7 Å². The third kappa shape index (κ3) is 3.40. The molecule has 0 saturated carbocycles. The van der Waals surface area contributed by atoms with Crippen LogP contribution in [0.1, 0.15) is 36.6 Å². The van der Waals surface area contributed by atoms with Gasteiger partial charge in [-0.3, -0.25) is 4.79 Å². The number of amides is 1. The average Bonchev–Trinajstić information content (AvgIpc) is 2.73. The Hall–Kier alpha value is -1.29. The van der Waals surface area contributed by atoms with E-state index in [1.54, 1.807) is 13.1 Å². The van der Waals surface area contributed by atoms with Crippen LogP contribution in [0.2, 0.25) is 0 Å². The second kappa shape index (κ2) is 5.56. The van der Waals surface area contributed by atoms with Crippen molar-refractivity contribution >= 4 is 5.91 Å². The molecule has 1 aromatic heterocycles. The molecule has 0 aromatic carbocycles. The number of furan rings is 1. The van der Waals surface area contributed by atoms with E-state index in [2.05, 4.69) is 24.5 Å². The number of carbonyl (C=O) groups excluding carboxylic acids is 1. The molecule has 0 radical (unpaired) electrons. The van der Waals surface area contributed by atoms with Gasteiger partial charge in [-0.25, -0.2) is 0 Å². The Balaban J connectivity index is 2.49. The fourth-order valence-corrected chi connectivity index (χ4v) is 1.22. The summed E-state index contributed by atoms with van der Waals surface area (Å²) in [6, 6.07) is 4.14. The van der Waals surface area contributed by atoms with Crippen molar-refractivity contribution in [2.45, 2.75) is 32.9 Å². The van der Waals surface area contributed by atoms with E-state index >= 15 is 0 Å². The lowest BCUT2D eigenvalue weighted by atomic mass is 10.2. The number of quaternary nitrogens is 1. The van der Waals surface area contributed by atoms with Crippen molar-refractivity contribution in [1.82, 2.24) is 5.32 Å². The molecule has 0 aliphatic rings. The zero-order valence-electron chi connectivity index (χ0n) is 9.54. The first-order valence-corrected chi connectivity index (χ1v) is 5.31.